The van der Waals surface area contributed by atoms with Gasteiger partial charge in [0.05, 0.1) is 19.1 Å². The van der Waals surface area contributed by atoms with Crippen molar-refractivity contribution in [3.63, 3.8) is 0 Å². The molecule has 0 aromatic rings. The second-order valence-corrected chi connectivity index (χ2v) is 5.63. The minimum absolute atomic E-state index is 0.347. The first-order valence-electron chi connectivity index (χ1n) is 5.90. The minimum Gasteiger partial charge on any atom is -0.321 e. The molecule has 0 radical (unpaired) electrons. The molecule has 0 aliphatic carbocycles. The predicted octanol–water partition coefficient (Wildman–Crippen LogP) is 2.46. The Labute approximate surface area is 106 Å². The summed E-state index contributed by atoms with van der Waals surface area (Å²) in [5.41, 5.74) is 0. The molecule has 0 aromatic heterocycles. The smallest absolute Gasteiger partial charge is 0.260 e. The summed E-state index contributed by atoms with van der Waals surface area (Å²) in [5, 5.41) is 11.5. The molecule has 0 aliphatic rings. The van der Waals surface area contributed by atoms with Crippen molar-refractivity contribution in [2.24, 2.45) is 0 Å². The van der Waals surface area contributed by atoms with E-state index in [4.69, 9.17) is 14.3 Å². The summed E-state index contributed by atoms with van der Waals surface area (Å²) >= 11 is 0. The lowest BCUT2D eigenvalue weighted by atomic mass is 10.3. The van der Waals surface area contributed by atoms with Gasteiger partial charge in [-0.1, -0.05) is 0 Å². The minimum atomic E-state index is -1.10. The molecule has 0 fully saturated rings. The van der Waals surface area contributed by atoms with Crippen molar-refractivity contribution < 1.29 is 9.05 Å². The fourth-order valence-corrected chi connectivity index (χ4v) is 3.02. The first kappa shape index (κ1) is 16.8. The van der Waals surface area contributed by atoms with Crippen LogP contribution in [0.1, 0.15) is 34.1 Å². The van der Waals surface area contributed by atoms with E-state index in [2.05, 4.69) is 43.8 Å². The highest BCUT2D eigenvalue weighted by atomic mass is 31.2. The molecule has 0 aromatic carbocycles. The largest absolute Gasteiger partial charge is 0.321 e. The molecule has 0 amide bonds. The van der Waals surface area contributed by atoms with E-state index in [1.54, 1.807) is 0 Å². The van der Waals surface area contributed by atoms with Crippen LogP contribution < -0.4 is 5.32 Å². The van der Waals surface area contributed by atoms with E-state index in [0.29, 0.717) is 31.8 Å². The second kappa shape index (κ2) is 9.76. The highest BCUT2D eigenvalue weighted by Crippen LogP contribution is 2.45. The Morgan fingerprint density at radius 2 is 1.82 bits per heavy atom. The van der Waals surface area contributed by atoms with Crippen LogP contribution in [0.2, 0.25) is 0 Å². The van der Waals surface area contributed by atoms with Gasteiger partial charge in [-0.15, -0.1) is 0 Å². The lowest BCUT2D eigenvalue weighted by molar-refractivity contribution is 0.171. The van der Waals surface area contributed by atoms with E-state index < -0.39 is 8.53 Å². The van der Waals surface area contributed by atoms with Gasteiger partial charge in [-0.25, -0.2) is 4.67 Å². The van der Waals surface area contributed by atoms with Crippen molar-refractivity contribution in [2.75, 3.05) is 20.4 Å². The van der Waals surface area contributed by atoms with Crippen molar-refractivity contribution in [2.45, 2.75) is 46.2 Å². The van der Waals surface area contributed by atoms with Gasteiger partial charge in [0, 0.05) is 12.1 Å². The van der Waals surface area contributed by atoms with E-state index in [-0.39, 0.29) is 0 Å². The summed E-state index contributed by atoms with van der Waals surface area (Å²) in [6.45, 7) is 9.34. The highest BCUT2D eigenvalue weighted by Gasteiger charge is 2.26. The summed E-state index contributed by atoms with van der Waals surface area (Å²) in [6.07, 6.45) is 0.395. The Balaban J connectivity index is 4.44. The van der Waals surface area contributed by atoms with Crippen molar-refractivity contribution in [1.82, 2.24) is 9.99 Å². The molecule has 1 unspecified atom stereocenters. The number of hydrogen-bond donors (Lipinski definition) is 1. The third-order valence-corrected chi connectivity index (χ3v) is 4.04. The Morgan fingerprint density at radius 3 is 2.24 bits per heavy atom. The zero-order chi connectivity index (χ0) is 13.3. The van der Waals surface area contributed by atoms with Gasteiger partial charge < -0.3 is 9.05 Å². The van der Waals surface area contributed by atoms with Crippen LogP contribution in [-0.2, 0) is 9.05 Å². The molecular formula is C11H24N3O2P. The van der Waals surface area contributed by atoms with Gasteiger partial charge in [0.1, 0.15) is 6.73 Å². The number of nitrogens with zero attached hydrogens (tertiary/aromatic N) is 2. The maximum absolute atomic E-state index is 8.52. The summed E-state index contributed by atoms with van der Waals surface area (Å²) in [5.74, 6) is 0. The Kier molecular flexibility index (Phi) is 9.62. The van der Waals surface area contributed by atoms with Gasteiger partial charge in [0.2, 0.25) is 0 Å². The lowest BCUT2D eigenvalue weighted by Crippen LogP contribution is -2.34. The lowest BCUT2D eigenvalue weighted by Gasteiger charge is -2.35. The fourth-order valence-electron chi connectivity index (χ4n) is 1.43. The van der Waals surface area contributed by atoms with Gasteiger partial charge in [0.25, 0.3) is 8.53 Å². The van der Waals surface area contributed by atoms with E-state index >= 15 is 0 Å². The summed E-state index contributed by atoms with van der Waals surface area (Å²) in [7, 11) is 0.730. The van der Waals surface area contributed by atoms with Crippen LogP contribution in [0.5, 0.6) is 0 Å². The van der Waals surface area contributed by atoms with Crippen LogP contribution >= 0.6 is 8.53 Å². The van der Waals surface area contributed by atoms with Crippen LogP contribution in [0.4, 0.5) is 0 Å². The molecule has 1 atom stereocenters. The van der Waals surface area contributed by atoms with Crippen LogP contribution in [0, 0.1) is 11.3 Å². The molecule has 0 bridgehead atoms. The average Bonchev–Trinajstić information content (AvgIpc) is 2.24. The topological polar surface area (TPSA) is 57.5 Å². The molecule has 0 spiro atoms. The maximum Gasteiger partial charge on any atom is 0.260 e. The van der Waals surface area contributed by atoms with Crippen molar-refractivity contribution >= 4 is 8.53 Å². The van der Waals surface area contributed by atoms with Gasteiger partial charge in [-0.2, -0.15) is 5.26 Å². The third kappa shape index (κ3) is 6.92. The third-order valence-electron chi connectivity index (χ3n) is 1.98. The zero-order valence-corrected chi connectivity index (χ0v) is 12.3. The fraction of sp³-hybridized carbons (Fsp3) is 0.909. The van der Waals surface area contributed by atoms with Crippen molar-refractivity contribution in [3.8, 4) is 6.07 Å². The monoisotopic (exact) mass is 261 g/mol. The SMILES string of the molecule is CNCOP(OCCC#N)N(C(C)C)C(C)C. The summed E-state index contributed by atoms with van der Waals surface area (Å²) < 4.78 is 13.5. The molecule has 100 valence electrons. The average molecular weight is 261 g/mol. The molecule has 0 aliphatic heterocycles. The number of rotatable bonds is 9. The van der Waals surface area contributed by atoms with Crippen LogP contribution in [0.3, 0.4) is 0 Å². The molecule has 0 heterocycles. The number of nitriles is 1. The normalized spacial score (nSPS) is 13.4. The second-order valence-electron chi connectivity index (χ2n) is 4.17. The Bertz CT molecular complexity index is 223. The molecule has 1 N–H and O–H groups in total. The van der Waals surface area contributed by atoms with Gasteiger partial charge >= 0.3 is 0 Å². The number of hydrogen-bond acceptors (Lipinski definition) is 5. The van der Waals surface area contributed by atoms with Crippen molar-refractivity contribution in [1.29, 1.82) is 5.26 Å². The van der Waals surface area contributed by atoms with Crippen LogP contribution in [0.25, 0.3) is 0 Å². The number of nitrogens with one attached hydrogen (secondary N) is 1. The van der Waals surface area contributed by atoms with Crippen molar-refractivity contribution in [3.05, 3.63) is 0 Å². The molecule has 0 saturated heterocycles. The molecule has 0 saturated carbocycles. The molecule has 5 nitrogen and oxygen atoms in total. The predicted molar refractivity (Wildman–Crippen MR) is 70.2 cm³/mol. The quantitative estimate of drug-likeness (QED) is 0.392. The van der Waals surface area contributed by atoms with E-state index in [1.807, 2.05) is 7.05 Å². The van der Waals surface area contributed by atoms with Gasteiger partial charge in [0.15, 0.2) is 0 Å². The highest BCUT2D eigenvalue weighted by molar-refractivity contribution is 7.44. The van der Waals surface area contributed by atoms with Gasteiger partial charge in [-0.3, -0.25) is 5.32 Å². The van der Waals surface area contributed by atoms with Crippen LogP contribution in [-0.4, -0.2) is 37.1 Å². The molecule has 0 rings (SSSR count). The first-order valence-corrected chi connectivity index (χ1v) is 7.03. The molecule has 17 heavy (non-hydrogen) atoms. The Hall–Kier alpha value is -0.240. The standard InChI is InChI=1S/C11H24N3O2P/c1-10(2)14(11(3)4)17(16-9-13-5)15-8-6-7-12/h10-11,13H,6,8-9H2,1-5H3. The summed E-state index contributed by atoms with van der Waals surface area (Å²) in [4.78, 5) is 0. The summed E-state index contributed by atoms with van der Waals surface area (Å²) in [6, 6.07) is 2.77. The van der Waals surface area contributed by atoms with E-state index in [1.165, 1.54) is 0 Å². The maximum atomic E-state index is 8.52. The van der Waals surface area contributed by atoms with E-state index in [0.717, 1.165) is 0 Å². The zero-order valence-electron chi connectivity index (χ0n) is 11.4. The Morgan fingerprint density at radius 1 is 1.24 bits per heavy atom. The molecule has 6 heteroatoms. The van der Waals surface area contributed by atoms with Crippen LogP contribution in [0.15, 0.2) is 0 Å². The molecular weight excluding hydrogens is 237 g/mol. The first-order chi connectivity index (χ1) is 8.04. The van der Waals surface area contributed by atoms with Gasteiger partial charge in [-0.05, 0) is 34.7 Å². The van der Waals surface area contributed by atoms with E-state index in [9.17, 15) is 0 Å².